The maximum absolute atomic E-state index is 5.01. The molecule has 3 aliphatic heterocycles. The average Bonchev–Trinajstić information content (AvgIpc) is 2.80. The number of nitrogens with zero attached hydrogens (tertiary/aromatic N) is 6. The average molecular weight is 334 g/mol. The number of allylic oxidation sites excluding steroid dienone is 1. The molecule has 0 bridgehead atoms. The second-order valence-corrected chi connectivity index (χ2v) is 6.41. The lowest BCUT2D eigenvalue weighted by atomic mass is 10.2. The normalized spacial score (nSPS) is 22.1. The summed E-state index contributed by atoms with van der Waals surface area (Å²) < 4.78 is 0. The Kier molecular flexibility index (Phi) is 4.01. The number of aliphatic imine (C=N–C) groups is 2. The summed E-state index contributed by atoms with van der Waals surface area (Å²) in [6.45, 7) is 1.63. The van der Waals surface area contributed by atoms with Crippen LogP contribution in [-0.4, -0.2) is 58.7 Å². The summed E-state index contributed by atoms with van der Waals surface area (Å²) in [6.07, 6.45) is 11.6. The van der Waals surface area contributed by atoms with Crippen molar-refractivity contribution in [2.75, 3.05) is 20.8 Å². The van der Waals surface area contributed by atoms with Crippen molar-refractivity contribution in [3.05, 3.63) is 72.5 Å². The largest absolute Gasteiger partial charge is 0.361 e. The van der Waals surface area contributed by atoms with Crippen LogP contribution in [0, 0.1) is 0 Å². The predicted molar refractivity (Wildman–Crippen MR) is 100 cm³/mol. The Morgan fingerprint density at radius 3 is 2.80 bits per heavy atom. The van der Waals surface area contributed by atoms with Crippen LogP contribution in [0.3, 0.4) is 0 Å². The molecule has 3 aliphatic rings. The highest BCUT2D eigenvalue weighted by atomic mass is 15.5. The van der Waals surface area contributed by atoms with Crippen LogP contribution in [0.15, 0.2) is 76.9 Å². The Labute approximate surface area is 148 Å². The number of amidine groups is 1. The van der Waals surface area contributed by atoms with E-state index in [2.05, 4.69) is 69.2 Å². The molecule has 0 radical (unpaired) electrons. The summed E-state index contributed by atoms with van der Waals surface area (Å²) in [4.78, 5) is 18.0. The third-order valence-electron chi connectivity index (χ3n) is 4.41. The fourth-order valence-corrected chi connectivity index (χ4v) is 3.31. The molecule has 0 saturated heterocycles. The Bertz CT molecular complexity index is 760. The predicted octanol–water partition coefficient (Wildman–Crippen LogP) is 2.23. The minimum atomic E-state index is -0.121. The molecule has 1 atom stereocenters. The molecule has 1 unspecified atom stereocenters. The van der Waals surface area contributed by atoms with Crippen molar-refractivity contribution < 1.29 is 0 Å². The van der Waals surface area contributed by atoms with E-state index in [-0.39, 0.29) is 6.29 Å². The van der Waals surface area contributed by atoms with Gasteiger partial charge in [-0.1, -0.05) is 30.3 Å². The number of likely N-dealkylation sites (N-methyl/N-ethyl adjacent to an activating group) is 1. The fourth-order valence-electron chi connectivity index (χ4n) is 3.31. The van der Waals surface area contributed by atoms with Crippen LogP contribution in [0.5, 0.6) is 0 Å². The molecule has 1 aromatic carbocycles. The van der Waals surface area contributed by atoms with Crippen molar-refractivity contribution in [1.82, 2.24) is 19.6 Å². The molecule has 128 valence electrons. The number of fused-ring (bicyclic) bond motifs is 1. The van der Waals surface area contributed by atoms with E-state index in [0.717, 1.165) is 24.7 Å². The summed E-state index contributed by atoms with van der Waals surface area (Å²) in [5, 5.41) is 0. The van der Waals surface area contributed by atoms with E-state index in [1.807, 2.05) is 24.5 Å². The highest BCUT2D eigenvalue weighted by Crippen LogP contribution is 2.30. The second-order valence-electron chi connectivity index (χ2n) is 6.41. The Morgan fingerprint density at radius 2 is 1.96 bits per heavy atom. The molecule has 0 amide bonds. The minimum absolute atomic E-state index is 0.121. The van der Waals surface area contributed by atoms with Gasteiger partial charge in [-0.05, 0) is 11.6 Å². The van der Waals surface area contributed by atoms with Gasteiger partial charge in [0.25, 0.3) is 0 Å². The molecule has 3 heterocycles. The summed E-state index contributed by atoms with van der Waals surface area (Å²) >= 11 is 0. The summed E-state index contributed by atoms with van der Waals surface area (Å²) in [5.74, 6) is 1.03. The first-order valence-corrected chi connectivity index (χ1v) is 8.38. The van der Waals surface area contributed by atoms with E-state index in [4.69, 9.17) is 4.99 Å². The molecule has 4 rings (SSSR count). The van der Waals surface area contributed by atoms with Crippen molar-refractivity contribution in [2.45, 2.75) is 12.8 Å². The quantitative estimate of drug-likeness (QED) is 0.850. The van der Waals surface area contributed by atoms with Gasteiger partial charge in [-0.25, -0.2) is 4.99 Å². The highest BCUT2D eigenvalue weighted by Gasteiger charge is 2.37. The van der Waals surface area contributed by atoms with Gasteiger partial charge in [0.2, 0.25) is 6.29 Å². The smallest absolute Gasteiger partial charge is 0.205 e. The Balaban J connectivity index is 1.71. The highest BCUT2D eigenvalue weighted by molar-refractivity contribution is 5.99. The molecule has 6 nitrogen and oxygen atoms in total. The van der Waals surface area contributed by atoms with Crippen molar-refractivity contribution in [3.63, 3.8) is 0 Å². The van der Waals surface area contributed by atoms with Crippen LogP contribution in [0.4, 0.5) is 0 Å². The third kappa shape index (κ3) is 3.03. The van der Waals surface area contributed by atoms with E-state index in [9.17, 15) is 0 Å². The van der Waals surface area contributed by atoms with Gasteiger partial charge in [-0.3, -0.25) is 4.99 Å². The first-order valence-electron chi connectivity index (χ1n) is 8.38. The topological polar surface area (TPSA) is 37.7 Å². The van der Waals surface area contributed by atoms with Gasteiger partial charge in [-0.2, -0.15) is 0 Å². The number of rotatable bonds is 3. The van der Waals surface area contributed by atoms with E-state index in [1.54, 1.807) is 12.4 Å². The maximum atomic E-state index is 5.01. The molecule has 0 spiro atoms. The van der Waals surface area contributed by atoms with Crippen LogP contribution in [0.2, 0.25) is 0 Å². The number of benzene rings is 1. The van der Waals surface area contributed by atoms with Gasteiger partial charge in [0.05, 0.1) is 12.4 Å². The van der Waals surface area contributed by atoms with Gasteiger partial charge in [0, 0.05) is 51.7 Å². The zero-order chi connectivity index (χ0) is 17.2. The van der Waals surface area contributed by atoms with Crippen molar-refractivity contribution in [3.8, 4) is 0 Å². The first-order chi connectivity index (χ1) is 12.2. The van der Waals surface area contributed by atoms with Gasteiger partial charge >= 0.3 is 0 Å². The molecule has 6 heteroatoms. The molecule has 0 aromatic heterocycles. The third-order valence-corrected chi connectivity index (χ3v) is 4.41. The summed E-state index contributed by atoms with van der Waals surface area (Å²) in [5.41, 5.74) is 2.41. The molecule has 0 fully saturated rings. The van der Waals surface area contributed by atoms with Crippen LogP contribution >= 0.6 is 0 Å². The van der Waals surface area contributed by atoms with E-state index in [1.165, 1.54) is 5.56 Å². The monoisotopic (exact) mass is 334 g/mol. The Morgan fingerprint density at radius 1 is 1.12 bits per heavy atom. The molecular formula is C19H22N6. The van der Waals surface area contributed by atoms with Crippen LogP contribution < -0.4 is 0 Å². The fraction of sp³-hybridized carbons (Fsp3) is 0.263. The van der Waals surface area contributed by atoms with Gasteiger partial charge < -0.3 is 19.6 Å². The van der Waals surface area contributed by atoms with Gasteiger partial charge in [0.15, 0.2) is 5.84 Å². The second kappa shape index (κ2) is 6.47. The lowest BCUT2D eigenvalue weighted by Crippen LogP contribution is -2.43. The SMILES string of the molecule is CN1C=C2C(=NC(N3C=CC=NC=C3)N2Cc2ccccc2)N(C)C1. The van der Waals surface area contributed by atoms with Crippen molar-refractivity contribution in [1.29, 1.82) is 0 Å². The minimum Gasteiger partial charge on any atom is -0.361 e. The number of hydrogen-bond donors (Lipinski definition) is 0. The lowest BCUT2D eigenvalue weighted by Gasteiger charge is -2.36. The molecule has 1 aromatic rings. The van der Waals surface area contributed by atoms with E-state index >= 15 is 0 Å². The first kappa shape index (κ1) is 15.5. The molecular weight excluding hydrogens is 312 g/mol. The zero-order valence-corrected chi connectivity index (χ0v) is 14.5. The van der Waals surface area contributed by atoms with Crippen molar-refractivity contribution in [2.24, 2.45) is 9.98 Å². The van der Waals surface area contributed by atoms with Crippen molar-refractivity contribution >= 4 is 12.1 Å². The number of hydrogen-bond acceptors (Lipinski definition) is 6. The zero-order valence-electron chi connectivity index (χ0n) is 14.5. The van der Waals surface area contributed by atoms with Gasteiger partial charge in [0.1, 0.15) is 0 Å². The maximum Gasteiger partial charge on any atom is 0.205 e. The molecule has 0 N–H and O–H groups in total. The van der Waals surface area contributed by atoms with Crippen LogP contribution in [0.25, 0.3) is 0 Å². The summed E-state index contributed by atoms with van der Waals surface area (Å²) in [7, 11) is 4.18. The lowest BCUT2D eigenvalue weighted by molar-refractivity contribution is 0.161. The standard InChI is InChI=1S/C19H22N6/c1-22-14-17-18(23(2)15-22)21-19(24-11-6-9-20-10-12-24)25(17)13-16-7-4-3-5-8-16/h3-12,14,19H,13,15H2,1-2H3. The van der Waals surface area contributed by atoms with E-state index < -0.39 is 0 Å². The van der Waals surface area contributed by atoms with Crippen LogP contribution in [0.1, 0.15) is 5.56 Å². The molecule has 0 saturated carbocycles. The van der Waals surface area contributed by atoms with E-state index in [0.29, 0.717) is 0 Å². The van der Waals surface area contributed by atoms with Crippen LogP contribution in [-0.2, 0) is 6.54 Å². The molecule has 25 heavy (non-hydrogen) atoms. The van der Waals surface area contributed by atoms with Gasteiger partial charge in [-0.15, -0.1) is 0 Å². The molecule has 0 aliphatic carbocycles. The summed E-state index contributed by atoms with van der Waals surface area (Å²) in [6, 6.07) is 10.5. The Hall–Kier alpha value is -3.02.